The molecule has 0 aliphatic carbocycles. The van der Waals surface area contributed by atoms with Crippen molar-refractivity contribution in [2.24, 2.45) is 0 Å². The van der Waals surface area contributed by atoms with Crippen molar-refractivity contribution in [3.63, 3.8) is 0 Å². The zero-order valence-corrected chi connectivity index (χ0v) is 15.4. The highest BCUT2D eigenvalue weighted by Crippen LogP contribution is 2.35. The molecule has 1 aliphatic heterocycles. The maximum Gasteiger partial charge on any atom is 0.233 e. The van der Waals surface area contributed by atoms with Crippen molar-refractivity contribution in [3.05, 3.63) is 38.9 Å². The zero-order chi connectivity index (χ0) is 16.4. The van der Waals surface area contributed by atoms with Crippen LogP contribution < -0.4 is 0 Å². The molecule has 1 atom stereocenters. The fourth-order valence-corrected chi connectivity index (χ4v) is 5.15. The number of rotatable bonds is 5. The number of carbonyl (C=O) groups excluding carboxylic acids is 1. The number of carbonyl (C=O) groups is 1. The summed E-state index contributed by atoms with van der Waals surface area (Å²) in [5.74, 6) is 2.39. The fourth-order valence-electron chi connectivity index (χ4n) is 3.17. The molecule has 0 saturated carbocycles. The Morgan fingerprint density at radius 3 is 3.04 bits per heavy atom. The molecule has 3 heterocycles. The van der Waals surface area contributed by atoms with E-state index in [1.807, 2.05) is 25.2 Å². The molecule has 124 valence electrons. The van der Waals surface area contributed by atoms with E-state index < -0.39 is 0 Å². The molecule has 2 aromatic rings. The van der Waals surface area contributed by atoms with Crippen molar-refractivity contribution in [1.29, 1.82) is 0 Å². The Kier molecular flexibility index (Phi) is 5.11. The molecule has 0 bridgehead atoms. The molecule has 4 nitrogen and oxygen atoms in total. The molecule has 2 aromatic heterocycles. The van der Waals surface area contributed by atoms with Gasteiger partial charge in [-0.05, 0) is 43.7 Å². The van der Waals surface area contributed by atoms with Gasteiger partial charge in [-0.1, -0.05) is 12.1 Å². The van der Waals surface area contributed by atoms with E-state index in [9.17, 15) is 4.79 Å². The number of aryl methyl sites for hydroxylation is 2. The normalized spacial score (nSPS) is 17.3. The predicted molar refractivity (Wildman–Crippen MR) is 94.9 cm³/mol. The molecule has 0 spiro atoms. The second-order valence-electron chi connectivity index (χ2n) is 5.86. The van der Waals surface area contributed by atoms with Crippen LogP contribution in [0.5, 0.6) is 0 Å². The number of thioether (sulfide) groups is 1. The van der Waals surface area contributed by atoms with Crippen LogP contribution in [-0.4, -0.2) is 28.3 Å². The summed E-state index contributed by atoms with van der Waals surface area (Å²) in [5, 5.41) is 6.11. The van der Waals surface area contributed by atoms with Crippen molar-refractivity contribution >= 4 is 29.0 Å². The lowest BCUT2D eigenvalue weighted by molar-refractivity contribution is -0.131. The van der Waals surface area contributed by atoms with E-state index in [1.165, 1.54) is 10.4 Å². The SMILES string of the molecule is CCC1c2ccsc2CCN1C(=O)CSCc1c(C)noc1C. The van der Waals surface area contributed by atoms with E-state index in [0.717, 1.165) is 42.2 Å². The van der Waals surface area contributed by atoms with E-state index in [2.05, 4.69) is 28.4 Å². The van der Waals surface area contributed by atoms with E-state index in [4.69, 9.17) is 4.52 Å². The summed E-state index contributed by atoms with van der Waals surface area (Å²) in [6.45, 7) is 6.88. The quantitative estimate of drug-likeness (QED) is 0.814. The van der Waals surface area contributed by atoms with Gasteiger partial charge in [0.05, 0.1) is 17.5 Å². The van der Waals surface area contributed by atoms with E-state index in [0.29, 0.717) is 5.75 Å². The van der Waals surface area contributed by atoms with Gasteiger partial charge in [-0.25, -0.2) is 0 Å². The summed E-state index contributed by atoms with van der Waals surface area (Å²) in [7, 11) is 0. The Morgan fingerprint density at radius 1 is 1.52 bits per heavy atom. The number of thiophene rings is 1. The first-order valence-corrected chi connectivity index (χ1v) is 10.0. The first kappa shape index (κ1) is 16.6. The van der Waals surface area contributed by atoms with Gasteiger partial charge in [0.15, 0.2) is 0 Å². The molecule has 0 fully saturated rings. The Morgan fingerprint density at radius 2 is 2.35 bits per heavy atom. The average Bonchev–Trinajstić information content (AvgIpc) is 3.14. The third-order valence-electron chi connectivity index (χ3n) is 4.46. The van der Waals surface area contributed by atoms with E-state index >= 15 is 0 Å². The molecule has 0 radical (unpaired) electrons. The van der Waals surface area contributed by atoms with Crippen LogP contribution in [0, 0.1) is 13.8 Å². The van der Waals surface area contributed by atoms with Gasteiger partial charge < -0.3 is 9.42 Å². The van der Waals surface area contributed by atoms with Crippen LogP contribution in [0.15, 0.2) is 16.0 Å². The third-order valence-corrected chi connectivity index (χ3v) is 6.40. The van der Waals surface area contributed by atoms with Gasteiger partial charge in [0.25, 0.3) is 0 Å². The number of hydrogen-bond acceptors (Lipinski definition) is 5. The maximum atomic E-state index is 12.7. The van der Waals surface area contributed by atoms with Crippen LogP contribution in [0.2, 0.25) is 0 Å². The van der Waals surface area contributed by atoms with Crippen molar-refractivity contribution in [2.45, 2.75) is 45.4 Å². The van der Waals surface area contributed by atoms with Gasteiger partial charge in [0, 0.05) is 22.7 Å². The van der Waals surface area contributed by atoms with Crippen LogP contribution in [0.1, 0.15) is 46.8 Å². The summed E-state index contributed by atoms with van der Waals surface area (Å²) in [6.07, 6.45) is 1.97. The lowest BCUT2D eigenvalue weighted by Gasteiger charge is -2.35. The molecule has 1 amide bonds. The minimum absolute atomic E-state index is 0.241. The van der Waals surface area contributed by atoms with Gasteiger partial charge >= 0.3 is 0 Å². The summed E-state index contributed by atoms with van der Waals surface area (Å²) < 4.78 is 5.18. The largest absolute Gasteiger partial charge is 0.361 e. The highest BCUT2D eigenvalue weighted by atomic mass is 32.2. The molecule has 1 unspecified atom stereocenters. The molecule has 3 rings (SSSR count). The molecule has 0 aromatic carbocycles. The highest BCUT2D eigenvalue weighted by Gasteiger charge is 2.30. The molecule has 1 aliphatic rings. The average molecular weight is 351 g/mol. The van der Waals surface area contributed by atoms with Crippen molar-refractivity contribution in [3.8, 4) is 0 Å². The van der Waals surface area contributed by atoms with Crippen LogP contribution in [0.4, 0.5) is 0 Å². The second-order valence-corrected chi connectivity index (χ2v) is 7.84. The summed E-state index contributed by atoms with van der Waals surface area (Å²) in [6, 6.07) is 2.43. The van der Waals surface area contributed by atoms with Gasteiger partial charge in [-0.15, -0.1) is 23.1 Å². The van der Waals surface area contributed by atoms with Gasteiger partial charge in [-0.2, -0.15) is 0 Å². The Bertz CT molecular complexity index is 673. The van der Waals surface area contributed by atoms with Gasteiger partial charge in [0.1, 0.15) is 5.76 Å². The molecular formula is C17H22N2O2S2. The molecule has 6 heteroatoms. The first-order chi connectivity index (χ1) is 11.1. The van der Waals surface area contributed by atoms with Crippen LogP contribution >= 0.6 is 23.1 Å². The number of fused-ring (bicyclic) bond motifs is 1. The topological polar surface area (TPSA) is 46.3 Å². The minimum atomic E-state index is 0.241. The molecule has 0 saturated heterocycles. The van der Waals surface area contributed by atoms with E-state index in [-0.39, 0.29) is 11.9 Å². The second kappa shape index (κ2) is 7.09. The standard InChI is InChI=1S/C17H22N2O2S2/c1-4-15-13-6-8-23-16(13)5-7-19(15)17(20)10-22-9-14-11(2)18-21-12(14)3/h6,8,15H,4-5,7,9-10H2,1-3H3. The van der Waals surface area contributed by atoms with Crippen molar-refractivity contribution in [2.75, 3.05) is 12.3 Å². The zero-order valence-electron chi connectivity index (χ0n) is 13.8. The first-order valence-electron chi connectivity index (χ1n) is 7.97. The van der Waals surface area contributed by atoms with Gasteiger partial charge in [-0.3, -0.25) is 4.79 Å². The summed E-state index contributed by atoms with van der Waals surface area (Å²) in [4.78, 5) is 16.2. The van der Waals surface area contributed by atoms with Crippen LogP contribution in [-0.2, 0) is 17.0 Å². The Hall–Kier alpha value is -1.27. The van der Waals surface area contributed by atoms with Gasteiger partial charge in [0.2, 0.25) is 5.91 Å². The van der Waals surface area contributed by atoms with Crippen LogP contribution in [0.25, 0.3) is 0 Å². The fraction of sp³-hybridized carbons (Fsp3) is 0.529. The maximum absolute atomic E-state index is 12.7. The molecule has 0 N–H and O–H groups in total. The summed E-state index contributed by atoms with van der Waals surface area (Å²) in [5.41, 5.74) is 3.40. The smallest absolute Gasteiger partial charge is 0.233 e. The third kappa shape index (κ3) is 3.33. The van der Waals surface area contributed by atoms with E-state index in [1.54, 1.807) is 11.8 Å². The predicted octanol–water partition coefficient (Wildman–Crippen LogP) is 4.12. The minimum Gasteiger partial charge on any atom is -0.361 e. The number of hydrogen-bond donors (Lipinski definition) is 0. The number of aromatic nitrogens is 1. The Labute approximate surface area is 145 Å². The van der Waals surface area contributed by atoms with Crippen molar-refractivity contribution in [1.82, 2.24) is 10.1 Å². The molecule has 23 heavy (non-hydrogen) atoms. The van der Waals surface area contributed by atoms with Crippen LogP contribution in [0.3, 0.4) is 0 Å². The lowest BCUT2D eigenvalue weighted by Crippen LogP contribution is -2.40. The summed E-state index contributed by atoms with van der Waals surface area (Å²) >= 11 is 3.47. The van der Waals surface area contributed by atoms with Crippen molar-refractivity contribution < 1.29 is 9.32 Å². The number of amides is 1. The number of nitrogens with zero attached hydrogens (tertiary/aromatic N) is 2. The lowest BCUT2D eigenvalue weighted by atomic mass is 9.98. The highest BCUT2D eigenvalue weighted by molar-refractivity contribution is 7.99. The molecular weight excluding hydrogens is 328 g/mol. The monoisotopic (exact) mass is 350 g/mol. The Balaban J connectivity index is 1.60.